The molecule has 0 spiro atoms. The van der Waals surface area contributed by atoms with E-state index in [0.717, 1.165) is 12.1 Å². The Hall–Kier alpha value is -5.41. The van der Waals surface area contributed by atoms with Crippen LogP contribution in [0.5, 0.6) is 11.8 Å². The summed E-state index contributed by atoms with van der Waals surface area (Å²) in [6.07, 6.45) is -0.115. The molecule has 0 bridgehead atoms. The van der Waals surface area contributed by atoms with Gasteiger partial charge in [-0.05, 0) is 43.2 Å². The van der Waals surface area contributed by atoms with Crippen LogP contribution < -0.4 is 25.2 Å². The molecular weight excluding hydrogens is 778 g/mol. The third kappa shape index (κ3) is 11.3. The molecule has 4 rings (SSSR count). The Morgan fingerprint density at radius 3 is 2.21 bits per heavy atom. The Morgan fingerprint density at radius 1 is 1.04 bits per heavy atom. The lowest BCUT2D eigenvalue weighted by atomic mass is 10.1. The highest BCUT2D eigenvalue weighted by Crippen LogP contribution is 2.26. The number of methoxy groups -OCH3 is 2. The normalized spacial score (nSPS) is 11.6. The fraction of sp³-hybridized carbons (Fsp3) is 0.300. The summed E-state index contributed by atoms with van der Waals surface area (Å²) in [5, 5.41) is 13.8. The molecule has 0 saturated heterocycles. The number of hydrogen-bond donors (Lipinski definition) is 3. The number of nitrogens with zero attached hydrogens (tertiary/aromatic N) is 5. The number of benzene rings is 2. The minimum Gasteiger partial charge on any atom is -0.481 e. The van der Waals surface area contributed by atoms with Gasteiger partial charge in [-0.2, -0.15) is 23.4 Å². The first-order chi connectivity index (χ1) is 24.9. The third-order valence-corrected chi connectivity index (χ3v) is 8.50. The van der Waals surface area contributed by atoms with Gasteiger partial charge in [0.2, 0.25) is 27.7 Å². The summed E-state index contributed by atoms with van der Waals surface area (Å²) in [7, 11) is -1.50. The highest BCUT2D eigenvalue weighted by Gasteiger charge is 2.24. The van der Waals surface area contributed by atoms with Crippen LogP contribution in [0.3, 0.4) is 0 Å². The molecule has 23 heteroatoms. The van der Waals surface area contributed by atoms with Gasteiger partial charge in [0.15, 0.2) is 5.82 Å². The van der Waals surface area contributed by atoms with Crippen LogP contribution >= 0.6 is 23.2 Å². The van der Waals surface area contributed by atoms with Crippen LogP contribution in [0.15, 0.2) is 47.3 Å². The number of carboxylic acids is 1. The van der Waals surface area contributed by atoms with Crippen LogP contribution in [0.4, 0.5) is 23.9 Å². The Labute approximate surface area is 308 Å². The highest BCUT2D eigenvalue weighted by molar-refractivity contribution is 7.89. The summed E-state index contributed by atoms with van der Waals surface area (Å²) in [6.45, 7) is -0.195. The number of aromatic nitrogens is 5. The number of carbonyl (C=O) groups is 3. The lowest BCUT2D eigenvalue weighted by Crippen LogP contribution is -2.36. The third-order valence-electron chi connectivity index (χ3n) is 6.63. The highest BCUT2D eigenvalue weighted by atomic mass is 35.5. The maximum absolute atomic E-state index is 14.2. The van der Waals surface area contributed by atoms with Crippen molar-refractivity contribution in [1.82, 2.24) is 29.0 Å². The second kappa shape index (κ2) is 18.4. The summed E-state index contributed by atoms with van der Waals surface area (Å²) >= 11 is 11.9. The summed E-state index contributed by atoms with van der Waals surface area (Å²) in [5.74, 6) is -3.96. The molecule has 0 aliphatic rings. The van der Waals surface area contributed by atoms with E-state index < -0.39 is 57.2 Å². The molecule has 3 N–H and O–H groups in total. The maximum Gasteiger partial charge on any atom is 0.355 e. The smallest absolute Gasteiger partial charge is 0.355 e. The van der Waals surface area contributed by atoms with E-state index in [1.807, 2.05) is 0 Å². The molecule has 0 radical (unpaired) electrons. The molecule has 1 unspecified atom stereocenters. The molecule has 1 atom stereocenters. The second-order valence-corrected chi connectivity index (χ2v) is 12.9. The number of halogens is 5. The average molecular weight is 809 g/mol. The van der Waals surface area contributed by atoms with Crippen LogP contribution in [0.25, 0.3) is 5.69 Å². The van der Waals surface area contributed by atoms with Crippen molar-refractivity contribution in [2.45, 2.75) is 37.9 Å². The van der Waals surface area contributed by atoms with E-state index in [0.29, 0.717) is 4.68 Å². The molecule has 0 aliphatic heterocycles. The number of alkyl halides is 3. The number of anilines is 1. The number of hydrogen-bond acceptors (Lipinski definition) is 12. The number of amides is 2. The SMILES string of the molecule is CCOC(=O)C(Cl)Cc1cc(-n2nc(C)n(C(F)F)c2=O)c(F)cc1Cl.COc1cc(OC)nc(NC(=O)NS(=O)(=O)Cc2ccccc2C(=O)O)n1. The topological polar surface area (TPSA) is 223 Å². The molecule has 0 aliphatic carbocycles. The van der Waals surface area contributed by atoms with Crippen molar-refractivity contribution in [1.29, 1.82) is 0 Å². The number of esters is 1. The van der Waals surface area contributed by atoms with Crippen molar-refractivity contribution >= 4 is 57.1 Å². The van der Waals surface area contributed by atoms with Crippen molar-refractivity contribution in [3.8, 4) is 17.4 Å². The first-order valence-corrected chi connectivity index (χ1v) is 17.2. The summed E-state index contributed by atoms with van der Waals surface area (Å²) < 4.78 is 81.4. The molecule has 286 valence electrons. The van der Waals surface area contributed by atoms with E-state index in [4.69, 9.17) is 42.5 Å². The summed E-state index contributed by atoms with van der Waals surface area (Å²) in [6, 6.07) is 7.84. The molecule has 2 heterocycles. The monoisotopic (exact) mass is 807 g/mol. The van der Waals surface area contributed by atoms with Gasteiger partial charge >= 0.3 is 30.2 Å². The lowest BCUT2D eigenvalue weighted by molar-refractivity contribution is -0.142. The van der Waals surface area contributed by atoms with E-state index in [2.05, 4.69) is 20.4 Å². The average Bonchev–Trinajstić information content (AvgIpc) is 3.38. The Kier molecular flexibility index (Phi) is 14.6. The fourth-order valence-electron chi connectivity index (χ4n) is 4.30. The molecule has 4 aromatic rings. The van der Waals surface area contributed by atoms with Gasteiger partial charge in [-0.3, -0.25) is 10.1 Å². The number of sulfonamides is 1. The number of urea groups is 1. The largest absolute Gasteiger partial charge is 0.481 e. The predicted molar refractivity (Wildman–Crippen MR) is 182 cm³/mol. The number of aromatic carboxylic acids is 1. The molecular formula is C30H30Cl2F3N7O10S. The fourth-order valence-corrected chi connectivity index (χ4v) is 5.82. The van der Waals surface area contributed by atoms with Gasteiger partial charge in [0.25, 0.3) is 0 Å². The minimum absolute atomic E-state index is 0.0320. The van der Waals surface area contributed by atoms with Gasteiger partial charge < -0.3 is 19.3 Å². The molecule has 2 aromatic heterocycles. The second-order valence-electron chi connectivity index (χ2n) is 10.3. The van der Waals surface area contributed by atoms with Gasteiger partial charge in [0.1, 0.15) is 16.9 Å². The number of carbonyl (C=O) groups excluding carboxylic acids is 2. The van der Waals surface area contributed by atoms with Gasteiger partial charge in [-0.1, -0.05) is 29.8 Å². The van der Waals surface area contributed by atoms with E-state index in [1.54, 1.807) is 11.6 Å². The number of aryl methyl sites for hydroxylation is 1. The zero-order chi connectivity index (χ0) is 39.6. The molecule has 2 aromatic carbocycles. The summed E-state index contributed by atoms with van der Waals surface area (Å²) in [5.41, 5.74) is -1.51. The van der Waals surface area contributed by atoms with Gasteiger partial charge in [0, 0.05) is 11.4 Å². The van der Waals surface area contributed by atoms with E-state index in [9.17, 15) is 40.8 Å². The van der Waals surface area contributed by atoms with Crippen molar-refractivity contribution < 1.29 is 55.3 Å². The van der Waals surface area contributed by atoms with E-state index in [-0.39, 0.29) is 68.5 Å². The van der Waals surface area contributed by atoms with Crippen molar-refractivity contribution in [3.63, 3.8) is 0 Å². The van der Waals surface area contributed by atoms with Crippen molar-refractivity contribution in [2.24, 2.45) is 0 Å². The van der Waals surface area contributed by atoms with Crippen molar-refractivity contribution in [2.75, 3.05) is 26.1 Å². The van der Waals surface area contributed by atoms with Crippen LogP contribution in [-0.4, -0.2) is 82.0 Å². The van der Waals surface area contributed by atoms with Gasteiger partial charge in [-0.25, -0.2) is 36.5 Å². The molecule has 53 heavy (non-hydrogen) atoms. The molecule has 0 fully saturated rings. The zero-order valence-electron chi connectivity index (χ0n) is 28.0. The molecule has 0 saturated carbocycles. The number of carboxylic acid groups (broad SMARTS) is 1. The Bertz CT molecular complexity index is 2130. The Morgan fingerprint density at radius 2 is 1.66 bits per heavy atom. The van der Waals surface area contributed by atoms with E-state index in [1.165, 1.54) is 51.5 Å². The number of ether oxygens (including phenoxy) is 3. The van der Waals surface area contributed by atoms with Crippen LogP contribution in [-0.2, 0) is 31.7 Å². The zero-order valence-corrected chi connectivity index (χ0v) is 30.3. The van der Waals surface area contributed by atoms with Crippen molar-refractivity contribution in [3.05, 3.63) is 86.3 Å². The standard InChI is InChI=1S/C15H14Cl2F3N3O3.C15H16N4O7S/c1-3-26-13(24)10(17)4-8-5-12(11(18)6-9(8)16)23-15(25)22(14(19)20)7(2)21-23;1-25-11-7-12(26-2)17-14(16-11)18-15(22)19-27(23,24)8-9-5-3-4-6-10(9)13(20)21/h5-6,10,14H,3-4H2,1-2H3;3-7H,8H2,1-2H3,(H,20,21)(H2,16,17,18,19,22). The first-order valence-electron chi connectivity index (χ1n) is 14.8. The van der Waals surface area contributed by atoms with E-state index >= 15 is 0 Å². The number of nitrogens with one attached hydrogen (secondary N) is 2. The maximum atomic E-state index is 14.2. The minimum atomic E-state index is -4.18. The van der Waals surface area contributed by atoms with Gasteiger partial charge in [0.05, 0.1) is 38.2 Å². The lowest BCUT2D eigenvalue weighted by Gasteiger charge is -2.12. The molecule has 2 amide bonds. The predicted octanol–water partition coefficient (Wildman–Crippen LogP) is 4.09. The first kappa shape index (κ1) is 42.0. The summed E-state index contributed by atoms with van der Waals surface area (Å²) in [4.78, 5) is 54.5. The quantitative estimate of drug-likeness (QED) is 0.128. The number of rotatable bonds is 13. The van der Waals surface area contributed by atoms with Crippen LogP contribution in [0.2, 0.25) is 5.02 Å². The van der Waals surface area contributed by atoms with Crippen LogP contribution in [0.1, 0.15) is 40.8 Å². The molecule has 17 nitrogen and oxygen atoms in total. The van der Waals surface area contributed by atoms with Crippen LogP contribution in [0, 0.1) is 12.7 Å². The Balaban J connectivity index is 0.000000286. The van der Waals surface area contributed by atoms with Gasteiger partial charge in [-0.15, -0.1) is 16.7 Å².